The maximum Gasteiger partial charge on any atom is 0.524 e. The molecule has 2 aromatic carbocycles. The third-order valence-electron chi connectivity index (χ3n) is 4.25. The van der Waals surface area contributed by atoms with Gasteiger partial charge in [-0.05, 0) is 29.8 Å². The Morgan fingerprint density at radius 3 is 2.53 bits per heavy atom. The van der Waals surface area contributed by atoms with Gasteiger partial charge in [-0.2, -0.15) is 24.3 Å². The van der Waals surface area contributed by atoms with Crippen molar-refractivity contribution in [3.05, 3.63) is 76.5 Å². The van der Waals surface area contributed by atoms with Crippen LogP contribution < -0.4 is 9.95 Å². The summed E-state index contributed by atoms with van der Waals surface area (Å²) in [5.74, 6) is -1.09. The molecule has 1 aliphatic heterocycles. The first-order valence-corrected chi connectivity index (χ1v) is 9.75. The third kappa shape index (κ3) is 4.38. The molecule has 0 bridgehead atoms. The van der Waals surface area contributed by atoms with Gasteiger partial charge >= 0.3 is 13.8 Å². The molecule has 149 valence electrons. The van der Waals surface area contributed by atoms with Gasteiger partial charge in [-0.15, -0.1) is 5.56 Å². The second kappa shape index (κ2) is 8.42. The van der Waals surface area contributed by atoms with Gasteiger partial charge in [0.25, 0.3) is 0 Å². The van der Waals surface area contributed by atoms with E-state index in [0.29, 0.717) is 22.1 Å². The van der Waals surface area contributed by atoms with Crippen molar-refractivity contribution in [2.75, 3.05) is 0 Å². The molecular formula is C20H12O8PY-. The van der Waals surface area contributed by atoms with Crippen LogP contribution in [0.15, 0.2) is 63.8 Å². The van der Waals surface area contributed by atoms with Crippen LogP contribution in [0, 0.1) is 6.07 Å². The summed E-state index contributed by atoms with van der Waals surface area (Å²) in [6.45, 7) is 0. The van der Waals surface area contributed by atoms with E-state index in [0.717, 1.165) is 0 Å². The molecule has 10 heteroatoms. The summed E-state index contributed by atoms with van der Waals surface area (Å²) >= 11 is 0. The van der Waals surface area contributed by atoms with Crippen molar-refractivity contribution in [2.45, 2.75) is 0 Å². The molecule has 1 aliphatic carbocycles. The van der Waals surface area contributed by atoms with Crippen LogP contribution in [0.3, 0.4) is 0 Å². The van der Waals surface area contributed by atoms with Crippen molar-refractivity contribution in [2.24, 2.45) is 0 Å². The van der Waals surface area contributed by atoms with E-state index in [1.54, 1.807) is 0 Å². The Bertz CT molecular complexity index is 1340. The van der Waals surface area contributed by atoms with Crippen molar-refractivity contribution >= 4 is 24.8 Å². The zero-order chi connectivity index (χ0) is 20.8. The number of fused-ring (bicyclic) bond motifs is 2. The minimum absolute atomic E-state index is 0. The Kier molecular flexibility index (Phi) is 6.27. The van der Waals surface area contributed by atoms with Gasteiger partial charge in [-0.25, -0.2) is 9.36 Å². The third-order valence-corrected chi connectivity index (χ3v) is 4.70. The normalized spacial score (nSPS) is 11.3. The van der Waals surface area contributed by atoms with E-state index in [2.05, 4.69) is 10.6 Å². The second-order valence-electron chi connectivity index (χ2n) is 6.15. The molecule has 8 nitrogen and oxygen atoms in total. The molecule has 0 fully saturated rings. The number of benzene rings is 3. The van der Waals surface area contributed by atoms with Gasteiger partial charge in [0.05, 0.1) is 0 Å². The first-order chi connectivity index (χ1) is 13.7. The average molecular weight is 500 g/mol. The molecule has 2 aliphatic rings. The summed E-state index contributed by atoms with van der Waals surface area (Å²) in [7, 11) is -4.79. The molecule has 0 saturated heterocycles. The minimum Gasteiger partial charge on any atom is -0.479 e. The molecule has 0 saturated carbocycles. The summed E-state index contributed by atoms with van der Waals surface area (Å²) in [6, 6.07) is 15.5. The fourth-order valence-electron chi connectivity index (χ4n) is 3.16. The van der Waals surface area contributed by atoms with Crippen molar-refractivity contribution < 1.29 is 65.9 Å². The van der Waals surface area contributed by atoms with Gasteiger partial charge in [0.15, 0.2) is 5.43 Å². The van der Waals surface area contributed by atoms with Gasteiger partial charge in [-0.3, -0.25) is 14.6 Å². The fraction of sp³-hybridized carbons (Fsp3) is 0. The molecule has 0 spiro atoms. The van der Waals surface area contributed by atoms with Crippen LogP contribution in [0.1, 0.15) is 10.4 Å². The quantitative estimate of drug-likeness (QED) is 0.220. The van der Waals surface area contributed by atoms with Crippen molar-refractivity contribution in [1.29, 1.82) is 0 Å². The van der Waals surface area contributed by atoms with Crippen LogP contribution >= 0.6 is 7.82 Å². The predicted molar refractivity (Wildman–Crippen MR) is 103 cm³/mol. The molecule has 0 atom stereocenters. The van der Waals surface area contributed by atoms with E-state index >= 15 is 0 Å². The SMILES string of the molecule is O=C(O)c1cc[c-]cc1-c1c2ccc(=O)cc-2oc2cc(OP(=O)(O)O)ccc12.[Y]. The smallest absolute Gasteiger partial charge is 0.479 e. The zero-order valence-corrected chi connectivity index (χ0v) is 18.8. The van der Waals surface area contributed by atoms with Crippen LogP contribution in [0.2, 0.25) is 0 Å². The number of carboxylic acid groups (broad SMARTS) is 1. The summed E-state index contributed by atoms with van der Waals surface area (Å²) < 4.78 is 21.5. The number of rotatable bonds is 4. The fourth-order valence-corrected chi connectivity index (χ4v) is 3.55. The Labute approximate surface area is 194 Å². The van der Waals surface area contributed by atoms with Crippen molar-refractivity contribution in [1.82, 2.24) is 0 Å². The van der Waals surface area contributed by atoms with Crippen LogP contribution in [-0.4, -0.2) is 20.9 Å². The van der Waals surface area contributed by atoms with Crippen molar-refractivity contribution in [3.63, 3.8) is 0 Å². The number of carbonyl (C=O) groups is 1. The van der Waals surface area contributed by atoms with Gasteiger partial charge in [0, 0.05) is 55.8 Å². The largest absolute Gasteiger partial charge is 0.524 e. The molecule has 0 aromatic heterocycles. The van der Waals surface area contributed by atoms with E-state index < -0.39 is 13.8 Å². The van der Waals surface area contributed by atoms with E-state index in [1.165, 1.54) is 54.6 Å². The molecule has 2 aromatic rings. The predicted octanol–water partition coefficient (Wildman–Crippen LogP) is 3.53. The monoisotopic (exact) mass is 500 g/mol. The van der Waals surface area contributed by atoms with Gasteiger partial charge in [-0.1, -0.05) is 5.56 Å². The molecule has 3 N–H and O–H groups in total. The first kappa shape index (κ1) is 22.3. The van der Waals surface area contributed by atoms with Crippen molar-refractivity contribution in [3.8, 4) is 28.2 Å². The number of carboxylic acids is 1. The second-order valence-corrected chi connectivity index (χ2v) is 7.32. The van der Waals surface area contributed by atoms with E-state index in [-0.39, 0.29) is 60.8 Å². The Balaban J connectivity index is 0.00000256. The molecule has 30 heavy (non-hydrogen) atoms. The molecule has 1 heterocycles. The number of hydrogen-bond donors (Lipinski definition) is 3. The molecule has 4 rings (SSSR count). The maximum atomic E-state index is 11.8. The topological polar surface area (TPSA) is 134 Å². The Hall–Kier alpha value is -2.35. The number of phosphoric ester groups is 1. The van der Waals surface area contributed by atoms with Crippen LogP contribution in [0.4, 0.5) is 0 Å². The van der Waals surface area contributed by atoms with Gasteiger partial charge in [0.1, 0.15) is 17.1 Å². The van der Waals surface area contributed by atoms with Gasteiger partial charge < -0.3 is 14.0 Å². The number of aromatic carboxylic acids is 1. The van der Waals surface area contributed by atoms with E-state index in [1.807, 2.05) is 0 Å². The summed E-state index contributed by atoms with van der Waals surface area (Å²) in [4.78, 5) is 41.6. The minimum atomic E-state index is -4.79. The van der Waals surface area contributed by atoms with E-state index in [9.17, 15) is 19.3 Å². The van der Waals surface area contributed by atoms with Crippen LogP contribution in [0.5, 0.6) is 5.75 Å². The summed E-state index contributed by atoms with van der Waals surface area (Å²) in [5.41, 5.74) is 1.21. The van der Waals surface area contributed by atoms with Crippen LogP contribution in [0.25, 0.3) is 33.4 Å². The molecule has 0 unspecified atom stereocenters. The maximum absolute atomic E-state index is 11.8. The molecular weight excluding hydrogens is 488 g/mol. The summed E-state index contributed by atoms with van der Waals surface area (Å²) in [5, 5.41) is 10.1. The van der Waals surface area contributed by atoms with Gasteiger partial charge in [0.2, 0.25) is 0 Å². The Morgan fingerprint density at radius 1 is 1.07 bits per heavy atom. The van der Waals surface area contributed by atoms with Crippen LogP contribution in [-0.2, 0) is 37.3 Å². The van der Waals surface area contributed by atoms with E-state index in [4.69, 9.17) is 14.2 Å². The first-order valence-electron chi connectivity index (χ1n) is 8.22. The number of hydrogen-bond acceptors (Lipinski definition) is 5. The standard InChI is InChI=1S/C20H12O8P.Y/c21-11-5-7-15-17(9-11)27-18-10-12(28-29(24,25)26)6-8-16(18)19(15)13-3-1-2-4-14(13)20(22)23;/h2-10H,(H,22,23)(H2,24,25,26);/q-1;. The number of phosphoric acid groups is 1. The summed E-state index contributed by atoms with van der Waals surface area (Å²) in [6.07, 6.45) is 0. The molecule has 1 radical (unpaired) electrons. The Morgan fingerprint density at radius 2 is 1.83 bits per heavy atom. The molecule has 0 amide bonds. The average Bonchev–Trinajstić information content (AvgIpc) is 2.64. The zero-order valence-electron chi connectivity index (χ0n) is 15.1.